The zero-order valence-electron chi connectivity index (χ0n) is 21.1. The van der Waals surface area contributed by atoms with Gasteiger partial charge in [0.05, 0.1) is 7.11 Å². The average molecular weight is 467 g/mol. The first-order valence-electron chi connectivity index (χ1n) is 12.2. The number of amides is 2. The van der Waals surface area contributed by atoms with Gasteiger partial charge in [-0.25, -0.2) is 0 Å². The van der Waals surface area contributed by atoms with Gasteiger partial charge in [0.2, 0.25) is 5.91 Å². The molecule has 34 heavy (non-hydrogen) atoms. The number of hydrogen-bond donors (Lipinski definition) is 1. The van der Waals surface area contributed by atoms with E-state index in [1.54, 1.807) is 18.9 Å². The number of benzene rings is 2. The standard InChI is InChI=1S/C28H38N2O4/c1-19-14-20(2)21(3)26(15-19)34-18-27(31)30(17-23-10-9-13-25(16-23)33-5)22(4)28(32)29-24-11-7-6-8-12-24/h9-10,13-16,22,24H,6-8,11-12,17-18H2,1-5H3,(H,29,32)/t22-/m1/s1. The van der Waals surface area contributed by atoms with Gasteiger partial charge >= 0.3 is 0 Å². The van der Waals surface area contributed by atoms with Gasteiger partial charge in [-0.2, -0.15) is 0 Å². The van der Waals surface area contributed by atoms with Crippen LogP contribution in [0.3, 0.4) is 0 Å². The number of carbonyl (C=O) groups excluding carboxylic acids is 2. The highest BCUT2D eigenvalue weighted by Gasteiger charge is 2.28. The number of ether oxygens (including phenoxy) is 2. The molecule has 0 bridgehead atoms. The average Bonchev–Trinajstić information content (AvgIpc) is 2.84. The first-order valence-corrected chi connectivity index (χ1v) is 12.2. The van der Waals surface area contributed by atoms with Crippen LogP contribution in [0.4, 0.5) is 0 Å². The largest absolute Gasteiger partial charge is 0.497 e. The molecule has 1 aliphatic rings. The van der Waals surface area contributed by atoms with Gasteiger partial charge in [0.15, 0.2) is 6.61 Å². The van der Waals surface area contributed by atoms with Gasteiger partial charge in [-0.05, 0) is 81.0 Å². The molecule has 3 rings (SSSR count). The molecule has 0 heterocycles. The highest BCUT2D eigenvalue weighted by atomic mass is 16.5. The number of methoxy groups -OCH3 is 1. The van der Waals surface area contributed by atoms with Crippen molar-refractivity contribution < 1.29 is 19.1 Å². The smallest absolute Gasteiger partial charge is 0.261 e. The maximum atomic E-state index is 13.4. The lowest BCUT2D eigenvalue weighted by Gasteiger charge is -2.31. The second-order valence-electron chi connectivity index (χ2n) is 9.39. The lowest BCUT2D eigenvalue weighted by Crippen LogP contribution is -2.51. The summed E-state index contributed by atoms with van der Waals surface area (Å²) in [5.41, 5.74) is 4.11. The molecule has 1 aliphatic carbocycles. The summed E-state index contributed by atoms with van der Waals surface area (Å²) in [5.74, 6) is 1.07. The van der Waals surface area contributed by atoms with E-state index in [9.17, 15) is 9.59 Å². The summed E-state index contributed by atoms with van der Waals surface area (Å²) >= 11 is 0. The molecular formula is C28H38N2O4. The van der Waals surface area contributed by atoms with E-state index < -0.39 is 6.04 Å². The third-order valence-corrected chi connectivity index (χ3v) is 6.72. The third-order valence-electron chi connectivity index (χ3n) is 6.72. The molecule has 0 spiro atoms. The van der Waals surface area contributed by atoms with Gasteiger partial charge in [0, 0.05) is 12.6 Å². The van der Waals surface area contributed by atoms with E-state index in [1.807, 2.05) is 51.1 Å². The van der Waals surface area contributed by atoms with E-state index in [4.69, 9.17) is 9.47 Å². The Balaban J connectivity index is 1.76. The minimum Gasteiger partial charge on any atom is -0.497 e. The van der Waals surface area contributed by atoms with Crippen molar-refractivity contribution in [1.82, 2.24) is 10.2 Å². The monoisotopic (exact) mass is 466 g/mol. The van der Waals surface area contributed by atoms with Crippen molar-refractivity contribution in [2.75, 3.05) is 13.7 Å². The van der Waals surface area contributed by atoms with Crippen LogP contribution in [-0.4, -0.2) is 42.5 Å². The van der Waals surface area contributed by atoms with E-state index in [2.05, 4.69) is 11.4 Å². The predicted octanol–water partition coefficient (Wildman–Crippen LogP) is 4.87. The van der Waals surface area contributed by atoms with Crippen molar-refractivity contribution in [1.29, 1.82) is 0 Å². The Kier molecular flexibility index (Phi) is 8.97. The first-order chi connectivity index (χ1) is 16.3. The molecule has 0 unspecified atom stereocenters. The summed E-state index contributed by atoms with van der Waals surface area (Å²) in [7, 11) is 1.61. The summed E-state index contributed by atoms with van der Waals surface area (Å²) in [6.07, 6.45) is 5.48. The van der Waals surface area contributed by atoms with Gasteiger partial charge in [-0.15, -0.1) is 0 Å². The van der Waals surface area contributed by atoms with Crippen molar-refractivity contribution in [3.8, 4) is 11.5 Å². The zero-order valence-corrected chi connectivity index (χ0v) is 21.1. The summed E-state index contributed by atoms with van der Waals surface area (Å²) in [6.45, 7) is 7.98. The van der Waals surface area contributed by atoms with Gasteiger partial charge in [0.1, 0.15) is 17.5 Å². The SMILES string of the molecule is COc1cccc(CN(C(=O)COc2cc(C)cc(C)c2C)[C@H](C)C(=O)NC2CCCCC2)c1. The van der Waals surface area contributed by atoms with E-state index in [-0.39, 0.29) is 24.5 Å². The number of nitrogens with one attached hydrogen (secondary N) is 1. The van der Waals surface area contributed by atoms with Gasteiger partial charge in [0.25, 0.3) is 5.91 Å². The lowest BCUT2D eigenvalue weighted by molar-refractivity contribution is -0.142. The van der Waals surface area contributed by atoms with Crippen molar-refractivity contribution in [2.24, 2.45) is 0 Å². The highest BCUT2D eigenvalue weighted by molar-refractivity contribution is 5.88. The molecule has 0 aromatic heterocycles. The van der Waals surface area contributed by atoms with Gasteiger partial charge in [-0.3, -0.25) is 9.59 Å². The Labute approximate surface area is 203 Å². The van der Waals surface area contributed by atoms with Crippen molar-refractivity contribution >= 4 is 11.8 Å². The highest BCUT2D eigenvalue weighted by Crippen LogP contribution is 2.24. The first kappa shape index (κ1) is 25.6. The maximum Gasteiger partial charge on any atom is 0.261 e. The Morgan fingerprint density at radius 3 is 2.53 bits per heavy atom. The van der Waals surface area contributed by atoms with Crippen LogP contribution in [0.15, 0.2) is 36.4 Å². The summed E-state index contributed by atoms with van der Waals surface area (Å²) < 4.78 is 11.3. The molecule has 184 valence electrons. The Morgan fingerprint density at radius 2 is 1.82 bits per heavy atom. The normalized spacial score (nSPS) is 14.9. The summed E-state index contributed by atoms with van der Waals surface area (Å²) in [6, 6.07) is 11.2. The molecule has 2 amide bonds. The molecule has 2 aromatic carbocycles. The number of hydrogen-bond acceptors (Lipinski definition) is 4. The number of carbonyl (C=O) groups is 2. The molecule has 6 nitrogen and oxygen atoms in total. The van der Waals surface area contributed by atoms with Crippen LogP contribution in [0.1, 0.15) is 61.3 Å². The molecular weight excluding hydrogens is 428 g/mol. The fourth-order valence-electron chi connectivity index (χ4n) is 4.49. The Hall–Kier alpha value is -3.02. The van der Waals surface area contributed by atoms with E-state index in [0.717, 1.165) is 47.9 Å². The maximum absolute atomic E-state index is 13.4. The van der Waals surface area contributed by atoms with Crippen LogP contribution < -0.4 is 14.8 Å². The van der Waals surface area contributed by atoms with E-state index in [1.165, 1.54) is 6.42 Å². The van der Waals surface area contributed by atoms with Crippen LogP contribution in [0.5, 0.6) is 11.5 Å². The van der Waals surface area contributed by atoms with Crippen molar-refractivity contribution in [3.63, 3.8) is 0 Å². The molecule has 1 atom stereocenters. The number of nitrogens with zero attached hydrogens (tertiary/aromatic N) is 1. The molecule has 1 fully saturated rings. The summed E-state index contributed by atoms with van der Waals surface area (Å²) in [4.78, 5) is 28.1. The zero-order chi connectivity index (χ0) is 24.7. The van der Waals surface area contributed by atoms with Crippen LogP contribution >= 0.6 is 0 Å². The second-order valence-corrected chi connectivity index (χ2v) is 9.39. The van der Waals surface area contributed by atoms with E-state index >= 15 is 0 Å². The predicted molar refractivity (Wildman–Crippen MR) is 134 cm³/mol. The van der Waals surface area contributed by atoms with Crippen LogP contribution in [0, 0.1) is 20.8 Å². The number of aryl methyl sites for hydroxylation is 2. The van der Waals surface area contributed by atoms with Crippen LogP contribution in [0.25, 0.3) is 0 Å². The Bertz CT molecular complexity index is 998. The minimum absolute atomic E-state index is 0.120. The fraction of sp³-hybridized carbons (Fsp3) is 0.500. The lowest BCUT2D eigenvalue weighted by atomic mass is 9.95. The van der Waals surface area contributed by atoms with E-state index in [0.29, 0.717) is 18.0 Å². The topological polar surface area (TPSA) is 67.9 Å². The minimum atomic E-state index is -0.621. The molecule has 1 saturated carbocycles. The molecule has 1 N–H and O–H groups in total. The fourth-order valence-corrected chi connectivity index (χ4v) is 4.49. The third kappa shape index (κ3) is 6.75. The van der Waals surface area contributed by atoms with Gasteiger partial charge in [-0.1, -0.05) is 37.5 Å². The molecule has 6 heteroatoms. The summed E-state index contributed by atoms with van der Waals surface area (Å²) in [5, 5.41) is 3.16. The second kappa shape index (κ2) is 11.9. The number of rotatable bonds is 9. The van der Waals surface area contributed by atoms with Crippen LogP contribution in [0.2, 0.25) is 0 Å². The van der Waals surface area contributed by atoms with Crippen molar-refractivity contribution in [3.05, 3.63) is 58.7 Å². The van der Waals surface area contributed by atoms with Gasteiger partial charge < -0.3 is 19.7 Å². The Morgan fingerprint density at radius 1 is 1.09 bits per heavy atom. The quantitative estimate of drug-likeness (QED) is 0.573. The molecule has 0 radical (unpaired) electrons. The molecule has 0 saturated heterocycles. The van der Waals surface area contributed by atoms with Crippen LogP contribution in [-0.2, 0) is 16.1 Å². The van der Waals surface area contributed by atoms with Crippen molar-refractivity contribution in [2.45, 2.75) is 78.4 Å². The molecule has 2 aromatic rings. The molecule has 0 aliphatic heterocycles.